The highest BCUT2D eigenvalue weighted by molar-refractivity contribution is 9.10. The van der Waals surface area contributed by atoms with E-state index in [0.29, 0.717) is 4.47 Å². The second kappa shape index (κ2) is 3.58. The summed E-state index contributed by atoms with van der Waals surface area (Å²) in [5.41, 5.74) is 0.0204. The van der Waals surface area contributed by atoms with Gasteiger partial charge < -0.3 is 4.74 Å². The van der Waals surface area contributed by atoms with Crippen molar-refractivity contribution >= 4 is 15.9 Å². The van der Waals surface area contributed by atoms with E-state index >= 15 is 0 Å². The summed E-state index contributed by atoms with van der Waals surface area (Å²) < 4.78 is 59.5. The van der Waals surface area contributed by atoms with Crippen LogP contribution in [0.4, 0.5) is 0 Å². The van der Waals surface area contributed by atoms with E-state index in [-0.39, 0.29) is 5.56 Å². The number of hydrogen-bond acceptors (Lipinski definition) is 1. The Morgan fingerprint density at radius 3 is 2.83 bits per heavy atom. The first kappa shape index (κ1) is 3.43. The van der Waals surface area contributed by atoms with E-state index in [1.807, 2.05) is 0 Å². The Hall–Kier alpha value is -0.340. The zero-order valence-electron chi connectivity index (χ0n) is 13.1. The molecule has 1 aliphatic rings. The van der Waals surface area contributed by atoms with Gasteiger partial charge in [0.15, 0.2) is 0 Å². The van der Waals surface area contributed by atoms with E-state index in [0.717, 1.165) is 0 Å². The molecule has 64 valence electrons. The van der Waals surface area contributed by atoms with Gasteiger partial charge in [-0.3, -0.25) is 0 Å². The summed E-state index contributed by atoms with van der Waals surface area (Å²) in [6, 6.07) is 5.87. The van der Waals surface area contributed by atoms with Crippen molar-refractivity contribution in [1.29, 1.82) is 0 Å². The maximum atomic E-state index is 8.22. The molecule has 2 rings (SSSR count). The lowest BCUT2D eigenvalue weighted by Crippen LogP contribution is -1.96. The number of halogens is 1. The van der Waals surface area contributed by atoms with Crippen LogP contribution in [0.5, 0.6) is 0 Å². The van der Waals surface area contributed by atoms with Gasteiger partial charge in [-0.2, -0.15) is 0 Å². The van der Waals surface area contributed by atoms with E-state index in [4.69, 9.17) is 9.60 Å². The van der Waals surface area contributed by atoms with Crippen molar-refractivity contribution in [1.82, 2.24) is 0 Å². The SMILES string of the molecule is [2H]C1([2H])OC([2H])([2H])C([2H])(c2ccc(Br)cc2)C1([2H])[2H]. The summed E-state index contributed by atoms with van der Waals surface area (Å²) in [5, 5.41) is 0. The monoisotopic (exact) mass is 233 g/mol. The molecule has 0 aromatic heterocycles. The Morgan fingerprint density at radius 2 is 2.25 bits per heavy atom. The fourth-order valence-electron chi connectivity index (χ4n) is 0.926. The molecule has 0 N–H and O–H groups in total. The third-order valence-electron chi connectivity index (χ3n) is 1.51. The van der Waals surface area contributed by atoms with Crippen LogP contribution in [0.15, 0.2) is 28.7 Å². The first-order valence-corrected chi connectivity index (χ1v) is 4.21. The average molecular weight is 234 g/mol. The highest BCUT2D eigenvalue weighted by atomic mass is 79.9. The molecular weight excluding hydrogens is 216 g/mol. The van der Waals surface area contributed by atoms with Crippen LogP contribution in [-0.2, 0) is 4.74 Å². The molecular formula is C10H11BrO. The van der Waals surface area contributed by atoms with Gasteiger partial charge in [0, 0.05) is 21.0 Å². The van der Waals surface area contributed by atoms with Crippen LogP contribution in [0.1, 0.15) is 27.4 Å². The minimum Gasteiger partial charge on any atom is -0.381 e. The topological polar surface area (TPSA) is 9.23 Å². The first-order valence-electron chi connectivity index (χ1n) is 6.92. The van der Waals surface area contributed by atoms with Crippen LogP contribution in [0, 0.1) is 0 Å². The van der Waals surface area contributed by atoms with E-state index < -0.39 is 25.4 Å². The summed E-state index contributed by atoms with van der Waals surface area (Å²) in [6.45, 7) is -5.67. The van der Waals surface area contributed by atoms with Gasteiger partial charge in [-0.25, -0.2) is 0 Å². The van der Waals surface area contributed by atoms with Gasteiger partial charge in [0.05, 0.1) is 12.0 Å². The first-order chi connectivity index (χ1) is 8.46. The molecule has 0 radical (unpaired) electrons. The zero-order chi connectivity index (χ0) is 14.7. The quantitative estimate of drug-likeness (QED) is 0.725. The lowest BCUT2D eigenvalue weighted by molar-refractivity contribution is 0.194. The van der Waals surface area contributed by atoms with Crippen LogP contribution in [-0.4, -0.2) is 13.1 Å². The average Bonchev–Trinajstić information content (AvgIpc) is 2.35. The van der Waals surface area contributed by atoms with Crippen LogP contribution >= 0.6 is 15.9 Å². The molecule has 12 heavy (non-hydrogen) atoms. The molecule has 0 aliphatic carbocycles. The lowest BCUT2D eigenvalue weighted by atomic mass is 9.99. The number of benzene rings is 1. The highest BCUT2D eigenvalue weighted by Crippen LogP contribution is 2.25. The van der Waals surface area contributed by atoms with Crippen LogP contribution in [0.3, 0.4) is 0 Å². The molecule has 1 heterocycles. The summed E-state index contributed by atoms with van der Waals surface area (Å²) in [5.74, 6) is -2.50. The van der Waals surface area contributed by atoms with Crippen molar-refractivity contribution in [2.45, 2.75) is 12.3 Å². The van der Waals surface area contributed by atoms with Gasteiger partial charge in [0.1, 0.15) is 0 Å². The molecule has 1 saturated heterocycles. The molecule has 1 aromatic rings. The molecule has 0 amide bonds. The van der Waals surface area contributed by atoms with E-state index in [9.17, 15) is 0 Å². The molecule has 1 fully saturated rings. The molecule has 0 saturated carbocycles. The molecule has 1 nitrogen and oxygen atoms in total. The van der Waals surface area contributed by atoms with E-state index in [1.54, 1.807) is 12.1 Å². The third kappa shape index (κ3) is 1.70. The van der Waals surface area contributed by atoms with E-state index in [1.165, 1.54) is 12.1 Å². The zero-order valence-corrected chi connectivity index (χ0v) is 7.68. The standard InChI is InChI=1S/C10H11BrO/c11-10-3-1-8(2-4-10)9-5-6-12-7-9/h1-4,9H,5-7H2/i5D2,6D2,7D2,9D. The Kier molecular flexibility index (Phi) is 1.02. The van der Waals surface area contributed by atoms with Crippen LogP contribution < -0.4 is 0 Å². The van der Waals surface area contributed by atoms with Crippen molar-refractivity contribution in [3.05, 3.63) is 34.3 Å². The largest absolute Gasteiger partial charge is 0.381 e. The second-order valence-electron chi connectivity index (χ2n) is 2.31. The minimum absolute atomic E-state index is 0.0204. The normalized spacial score (nSPS) is 50.2. The number of ether oxygens (including phenoxy) is 1. The highest BCUT2D eigenvalue weighted by Gasteiger charge is 2.16. The van der Waals surface area contributed by atoms with Crippen molar-refractivity contribution < 1.29 is 14.3 Å². The summed E-state index contributed by atoms with van der Waals surface area (Å²) >= 11 is 3.20. The molecule has 2 heteroatoms. The fraction of sp³-hybridized carbons (Fsp3) is 0.400. The van der Waals surface area contributed by atoms with Gasteiger partial charge in [0.25, 0.3) is 0 Å². The third-order valence-corrected chi connectivity index (χ3v) is 2.04. The minimum atomic E-state index is -2.88. The lowest BCUT2D eigenvalue weighted by Gasteiger charge is -2.06. The molecule has 1 aromatic carbocycles. The van der Waals surface area contributed by atoms with Crippen molar-refractivity contribution in [2.24, 2.45) is 0 Å². The molecule has 0 spiro atoms. The van der Waals surface area contributed by atoms with Gasteiger partial charge in [0.2, 0.25) is 0 Å². The van der Waals surface area contributed by atoms with Gasteiger partial charge >= 0.3 is 0 Å². The van der Waals surface area contributed by atoms with Crippen LogP contribution in [0.25, 0.3) is 0 Å². The summed E-state index contributed by atoms with van der Waals surface area (Å²) in [4.78, 5) is 0. The number of hydrogen-bond donors (Lipinski definition) is 0. The predicted octanol–water partition coefficient (Wildman–Crippen LogP) is 2.95. The Morgan fingerprint density at radius 1 is 1.50 bits per heavy atom. The van der Waals surface area contributed by atoms with Crippen LogP contribution in [0.2, 0.25) is 0 Å². The molecule has 0 bridgehead atoms. The van der Waals surface area contributed by atoms with Crippen molar-refractivity contribution in [2.75, 3.05) is 13.1 Å². The second-order valence-corrected chi connectivity index (χ2v) is 3.23. The maximum Gasteiger partial charge on any atom is 0.0573 e. The van der Waals surface area contributed by atoms with E-state index in [2.05, 4.69) is 20.7 Å². The van der Waals surface area contributed by atoms with Crippen molar-refractivity contribution in [3.63, 3.8) is 0 Å². The van der Waals surface area contributed by atoms with Gasteiger partial charge in [-0.15, -0.1) is 0 Å². The fourth-order valence-corrected chi connectivity index (χ4v) is 1.19. The summed E-state index contributed by atoms with van der Waals surface area (Å²) in [7, 11) is 0. The molecule has 1 aliphatic heterocycles. The summed E-state index contributed by atoms with van der Waals surface area (Å²) in [6.07, 6.45) is -2.84. The number of rotatable bonds is 1. The smallest absolute Gasteiger partial charge is 0.0573 e. The van der Waals surface area contributed by atoms with Crippen molar-refractivity contribution in [3.8, 4) is 0 Å². The van der Waals surface area contributed by atoms with Gasteiger partial charge in [-0.05, 0) is 24.1 Å². The Bertz CT molecular complexity index is 501. The van der Waals surface area contributed by atoms with Gasteiger partial charge in [-0.1, -0.05) is 28.1 Å². The predicted molar refractivity (Wildman–Crippen MR) is 52.3 cm³/mol. The molecule has 1 atom stereocenters. The maximum absolute atomic E-state index is 8.22. The Labute approximate surface area is 90.7 Å². The molecule has 1 unspecified atom stereocenters. The Balaban J connectivity index is 2.66.